The van der Waals surface area contributed by atoms with Gasteiger partial charge in [0.05, 0.1) is 15.4 Å². The number of aryl methyl sites for hydroxylation is 1. The fourth-order valence-electron chi connectivity index (χ4n) is 1.43. The monoisotopic (exact) mass is 257 g/mol. The molecule has 0 atom stereocenters. The van der Waals surface area contributed by atoms with Gasteiger partial charge in [-0.15, -0.1) is 11.3 Å². The van der Waals surface area contributed by atoms with Crippen molar-refractivity contribution in [1.29, 1.82) is 0 Å². The van der Waals surface area contributed by atoms with Gasteiger partial charge in [0.25, 0.3) is 0 Å². The van der Waals surface area contributed by atoms with Crippen LogP contribution in [0.15, 0.2) is 30.5 Å². The maximum atomic E-state index is 12.4. The first-order valence-electron chi connectivity index (χ1n) is 5.13. The lowest BCUT2D eigenvalue weighted by Crippen LogP contribution is -2.03. The Bertz CT molecular complexity index is 499. The van der Waals surface area contributed by atoms with E-state index in [0.717, 1.165) is 34.0 Å². The molecule has 0 saturated heterocycles. The van der Waals surface area contributed by atoms with Crippen LogP contribution in [0.2, 0.25) is 0 Å². The molecule has 0 unspecified atom stereocenters. The van der Waals surface area contributed by atoms with E-state index in [1.165, 1.54) is 23.5 Å². The van der Waals surface area contributed by atoms with Crippen LogP contribution in [0.1, 0.15) is 17.5 Å². The highest BCUT2D eigenvalue weighted by molar-refractivity contribution is 7.15. The van der Waals surface area contributed by atoms with Gasteiger partial charge in [0.15, 0.2) is 0 Å². The molecule has 1 nitrogen and oxygen atoms in total. The molecule has 2 aromatic rings. The third kappa shape index (κ3) is 2.66. The zero-order chi connectivity index (χ0) is 12.5. The fourth-order valence-corrected chi connectivity index (χ4v) is 2.29. The molecule has 0 aliphatic carbocycles. The smallest absolute Gasteiger partial charge is 0.249 e. The van der Waals surface area contributed by atoms with E-state index in [1.807, 2.05) is 6.92 Å². The van der Waals surface area contributed by atoms with Gasteiger partial charge in [0, 0.05) is 6.20 Å². The standard InChI is InChI=1S/C12H10F3NS/c1-2-11-16-7-10(17-11)8-3-5-9(6-4-8)12(13,14)15/h3-7H,2H2,1H3. The second-order valence-corrected chi connectivity index (χ2v) is 4.66. The van der Waals surface area contributed by atoms with Gasteiger partial charge in [0.2, 0.25) is 0 Å². The predicted molar refractivity (Wildman–Crippen MR) is 61.9 cm³/mol. The normalized spacial score (nSPS) is 11.8. The van der Waals surface area contributed by atoms with Gasteiger partial charge in [0.1, 0.15) is 0 Å². The van der Waals surface area contributed by atoms with Gasteiger partial charge in [-0.2, -0.15) is 13.2 Å². The zero-order valence-corrected chi connectivity index (χ0v) is 9.90. The highest BCUT2D eigenvalue weighted by atomic mass is 32.1. The van der Waals surface area contributed by atoms with E-state index in [2.05, 4.69) is 4.98 Å². The van der Waals surface area contributed by atoms with Crippen LogP contribution < -0.4 is 0 Å². The molecule has 0 amide bonds. The second kappa shape index (κ2) is 4.49. The summed E-state index contributed by atoms with van der Waals surface area (Å²) in [6, 6.07) is 5.16. The minimum absolute atomic E-state index is 0.624. The van der Waals surface area contributed by atoms with Crippen molar-refractivity contribution in [3.05, 3.63) is 41.0 Å². The first-order chi connectivity index (χ1) is 8.00. The summed E-state index contributed by atoms with van der Waals surface area (Å²) in [5, 5.41) is 0.986. The van der Waals surface area contributed by atoms with Crippen molar-refractivity contribution in [2.75, 3.05) is 0 Å². The Morgan fingerprint density at radius 2 is 1.82 bits per heavy atom. The lowest BCUT2D eigenvalue weighted by Gasteiger charge is -2.06. The molecule has 0 saturated carbocycles. The molecule has 1 aromatic heterocycles. The summed E-state index contributed by atoms with van der Waals surface area (Å²) in [6.45, 7) is 2.00. The number of aromatic nitrogens is 1. The third-order valence-electron chi connectivity index (χ3n) is 2.35. The molecule has 0 spiro atoms. The van der Waals surface area contributed by atoms with Gasteiger partial charge in [-0.25, -0.2) is 4.98 Å². The molecule has 5 heteroatoms. The molecule has 90 valence electrons. The fraction of sp³-hybridized carbons (Fsp3) is 0.250. The molecular formula is C12H10F3NS. The molecule has 0 aliphatic heterocycles. The largest absolute Gasteiger partial charge is 0.416 e. The second-order valence-electron chi connectivity index (χ2n) is 3.55. The SMILES string of the molecule is CCc1ncc(-c2ccc(C(F)(F)F)cc2)s1. The number of thiazole rings is 1. The Morgan fingerprint density at radius 1 is 1.18 bits per heavy atom. The Kier molecular flexibility index (Phi) is 3.19. The van der Waals surface area contributed by atoms with Crippen molar-refractivity contribution in [2.24, 2.45) is 0 Å². The van der Waals surface area contributed by atoms with Crippen molar-refractivity contribution in [3.8, 4) is 10.4 Å². The van der Waals surface area contributed by atoms with E-state index in [0.29, 0.717) is 0 Å². The number of hydrogen-bond acceptors (Lipinski definition) is 2. The summed E-state index contributed by atoms with van der Waals surface area (Å²) < 4.78 is 37.1. The Morgan fingerprint density at radius 3 is 2.29 bits per heavy atom. The molecule has 1 aromatic carbocycles. The molecule has 0 aliphatic rings. The molecule has 0 radical (unpaired) electrons. The predicted octanol–water partition coefficient (Wildman–Crippen LogP) is 4.39. The number of hydrogen-bond donors (Lipinski definition) is 0. The van der Waals surface area contributed by atoms with Crippen LogP contribution in [0.5, 0.6) is 0 Å². The molecule has 1 heterocycles. The van der Waals surface area contributed by atoms with E-state index in [9.17, 15) is 13.2 Å². The third-order valence-corrected chi connectivity index (χ3v) is 3.54. The maximum Gasteiger partial charge on any atom is 0.416 e. The van der Waals surface area contributed by atoms with Crippen molar-refractivity contribution >= 4 is 11.3 Å². The zero-order valence-electron chi connectivity index (χ0n) is 9.08. The Hall–Kier alpha value is -1.36. The molecule has 0 fully saturated rings. The average molecular weight is 257 g/mol. The average Bonchev–Trinajstić information content (AvgIpc) is 2.76. The van der Waals surface area contributed by atoms with Crippen LogP contribution in [0.4, 0.5) is 13.2 Å². The van der Waals surface area contributed by atoms with Gasteiger partial charge >= 0.3 is 6.18 Å². The summed E-state index contributed by atoms with van der Waals surface area (Å²) in [6.07, 6.45) is -1.74. The molecule has 0 N–H and O–H groups in total. The van der Waals surface area contributed by atoms with Crippen LogP contribution in [0.3, 0.4) is 0 Å². The van der Waals surface area contributed by atoms with Gasteiger partial charge in [-0.05, 0) is 24.1 Å². The number of halogens is 3. The summed E-state index contributed by atoms with van der Waals surface area (Å²) >= 11 is 1.51. The van der Waals surface area contributed by atoms with Gasteiger partial charge < -0.3 is 0 Å². The van der Waals surface area contributed by atoms with Crippen LogP contribution in [0, 0.1) is 0 Å². The van der Waals surface area contributed by atoms with Gasteiger partial charge in [-0.1, -0.05) is 19.1 Å². The molecule has 17 heavy (non-hydrogen) atoms. The quantitative estimate of drug-likeness (QED) is 0.777. The number of rotatable bonds is 2. The molecule has 2 rings (SSSR count). The van der Waals surface area contributed by atoms with E-state index < -0.39 is 11.7 Å². The van der Waals surface area contributed by atoms with Crippen LogP contribution in [0.25, 0.3) is 10.4 Å². The summed E-state index contributed by atoms with van der Waals surface area (Å²) in [5.41, 5.74) is 0.150. The van der Waals surface area contributed by atoms with Crippen molar-refractivity contribution < 1.29 is 13.2 Å². The van der Waals surface area contributed by atoms with E-state index in [4.69, 9.17) is 0 Å². The number of alkyl halides is 3. The molecule has 0 bridgehead atoms. The highest BCUT2D eigenvalue weighted by Gasteiger charge is 2.29. The van der Waals surface area contributed by atoms with Gasteiger partial charge in [-0.3, -0.25) is 0 Å². The number of benzene rings is 1. The van der Waals surface area contributed by atoms with Crippen molar-refractivity contribution in [2.45, 2.75) is 19.5 Å². The van der Waals surface area contributed by atoms with Crippen LogP contribution >= 0.6 is 11.3 Å². The van der Waals surface area contributed by atoms with E-state index >= 15 is 0 Å². The minimum Gasteiger partial charge on any atom is -0.249 e. The van der Waals surface area contributed by atoms with E-state index in [1.54, 1.807) is 6.20 Å². The molecular weight excluding hydrogens is 247 g/mol. The first-order valence-corrected chi connectivity index (χ1v) is 5.94. The Balaban J connectivity index is 2.29. The first kappa shape index (κ1) is 12.1. The summed E-state index contributed by atoms with van der Waals surface area (Å²) in [4.78, 5) is 5.08. The number of nitrogens with zero attached hydrogens (tertiary/aromatic N) is 1. The maximum absolute atomic E-state index is 12.4. The highest BCUT2D eigenvalue weighted by Crippen LogP contribution is 2.32. The Labute approximate surface area is 101 Å². The minimum atomic E-state index is -4.28. The van der Waals surface area contributed by atoms with E-state index in [-0.39, 0.29) is 0 Å². The lowest BCUT2D eigenvalue weighted by atomic mass is 10.1. The lowest BCUT2D eigenvalue weighted by molar-refractivity contribution is -0.137. The van der Waals surface area contributed by atoms with Crippen LogP contribution in [-0.4, -0.2) is 4.98 Å². The summed E-state index contributed by atoms with van der Waals surface area (Å²) in [7, 11) is 0. The van der Waals surface area contributed by atoms with Crippen molar-refractivity contribution in [1.82, 2.24) is 4.98 Å². The topological polar surface area (TPSA) is 12.9 Å². The van der Waals surface area contributed by atoms with Crippen molar-refractivity contribution in [3.63, 3.8) is 0 Å². The summed E-state index contributed by atoms with van der Waals surface area (Å²) in [5.74, 6) is 0. The van der Waals surface area contributed by atoms with Crippen LogP contribution in [-0.2, 0) is 12.6 Å².